The largest absolute Gasteiger partial charge is 0.484 e. The molecule has 0 N–H and O–H groups in total. The molecule has 1 saturated heterocycles. The maximum atomic E-state index is 11.9. The summed E-state index contributed by atoms with van der Waals surface area (Å²) in [6.07, 6.45) is 6.98. The Hall–Kier alpha value is -1.77. The van der Waals surface area contributed by atoms with Gasteiger partial charge in [0.2, 0.25) is 0 Å². The molecule has 0 bridgehead atoms. The summed E-state index contributed by atoms with van der Waals surface area (Å²) in [5.41, 5.74) is 1.06. The zero-order chi connectivity index (χ0) is 13.5. The highest BCUT2D eigenvalue weighted by Gasteiger charge is 2.17. The number of carbonyl (C=O) groups excluding carboxylic acids is 1. The first-order chi connectivity index (χ1) is 9.29. The van der Waals surface area contributed by atoms with Crippen LogP contribution in [0.1, 0.15) is 24.8 Å². The predicted molar refractivity (Wildman–Crippen MR) is 76.8 cm³/mol. The predicted octanol–water partition coefficient (Wildman–Crippen LogP) is 2.93. The van der Waals surface area contributed by atoms with Crippen LogP contribution >= 0.6 is 0 Å². The van der Waals surface area contributed by atoms with Gasteiger partial charge in [0, 0.05) is 13.1 Å². The standard InChI is InChI=1S/C16H20NO2/c1-2-3-7-14-8-6-9-15(12-14)19-13-16(18)17-10-4-5-11-17/h3,6-9,12H,1-2,4-5,10-11,13H2/b7-3+. The number of carbonyl (C=O) groups is 1. The van der Waals surface area contributed by atoms with Crippen LogP contribution in [0, 0.1) is 6.92 Å². The average molecular weight is 258 g/mol. The number of likely N-dealkylation sites (tertiary alicyclic amines) is 1. The van der Waals surface area contributed by atoms with Gasteiger partial charge in [-0.25, -0.2) is 0 Å². The molecule has 1 aromatic rings. The van der Waals surface area contributed by atoms with Crippen LogP contribution in [-0.2, 0) is 4.79 Å². The number of nitrogens with zero attached hydrogens (tertiary/aromatic N) is 1. The second-order valence-electron chi connectivity index (χ2n) is 4.64. The van der Waals surface area contributed by atoms with Gasteiger partial charge >= 0.3 is 0 Å². The maximum absolute atomic E-state index is 11.9. The third-order valence-electron chi connectivity index (χ3n) is 3.16. The van der Waals surface area contributed by atoms with E-state index in [0.29, 0.717) is 0 Å². The van der Waals surface area contributed by atoms with Crippen LogP contribution in [0.4, 0.5) is 0 Å². The molecule has 101 valence electrons. The number of rotatable bonds is 5. The second-order valence-corrected chi connectivity index (χ2v) is 4.64. The van der Waals surface area contributed by atoms with Gasteiger partial charge in [-0.2, -0.15) is 0 Å². The first-order valence-electron chi connectivity index (χ1n) is 6.76. The second kappa shape index (κ2) is 6.98. The van der Waals surface area contributed by atoms with Gasteiger partial charge in [-0.3, -0.25) is 4.79 Å². The lowest BCUT2D eigenvalue weighted by atomic mass is 10.2. The Morgan fingerprint density at radius 2 is 2.16 bits per heavy atom. The van der Waals surface area contributed by atoms with Gasteiger partial charge in [-0.05, 0) is 43.9 Å². The van der Waals surface area contributed by atoms with E-state index in [9.17, 15) is 4.79 Å². The third-order valence-corrected chi connectivity index (χ3v) is 3.16. The highest BCUT2D eigenvalue weighted by molar-refractivity contribution is 5.78. The molecule has 1 aliphatic rings. The fourth-order valence-corrected chi connectivity index (χ4v) is 2.13. The molecule has 1 heterocycles. The van der Waals surface area contributed by atoms with Crippen molar-refractivity contribution in [3.63, 3.8) is 0 Å². The molecule has 0 atom stereocenters. The minimum atomic E-state index is 0.0798. The van der Waals surface area contributed by atoms with Crippen LogP contribution in [-0.4, -0.2) is 30.5 Å². The molecule has 0 unspecified atom stereocenters. The lowest BCUT2D eigenvalue weighted by Crippen LogP contribution is -2.32. The Balaban J connectivity index is 1.88. The van der Waals surface area contributed by atoms with Gasteiger partial charge in [-0.1, -0.05) is 24.3 Å². The summed E-state index contributed by atoms with van der Waals surface area (Å²) in [7, 11) is 0. The van der Waals surface area contributed by atoms with Crippen molar-refractivity contribution in [1.82, 2.24) is 4.90 Å². The third kappa shape index (κ3) is 4.12. The Kier molecular flexibility index (Phi) is 5.01. The lowest BCUT2D eigenvalue weighted by Gasteiger charge is -2.15. The van der Waals surface area contributed by atoms with Crippen molar-refractivity contribution in [1.29, 1.82) is 0 Å². The van der Waals surface area contributed by atoms with Gasteiger partial charge < -0.3 is 9.64 Å². The number of amides is 1. The summed E-state index contributed by atoms with van der Waals surface area (Å²) in [6, 6.07) is 7.74. The topological polar surface area (TPSA) is 29.5 Å². The van der Waals surface area contributed by atoms with E-state index in [1.165, 1.54) is 0 Å². The number of benzene rings is 1. The number of hydrogen-bond acceptors (Lipinski definition) is 2. The van der Waals surface area contributed by atoms with Crippen LogP contribution in [0.15, 0.2) is 30.3 Å². The van der Waals surface area contributed by atoms with Gasteiger partial charge in [0.25, 0.3) is 5.91 Å². The Bertz CT molecular complexity index is 448. The minimum absolute atomic E-state index is 0.0798. The van der Waals surface area contributed by atoms with E-state index in [-0.39, 0.29) is 12.5 Å². The molecule has 0 aliphatic carbocycles. The van der Waals surface area contributed by atoms with E-state index >= 15 is 0 Å². The summed E-state index contributed by atoms with van der Waals surface area (Å²) in [5, 5.41) is 0. The van der Waals surface area contributed by atoms with Crippen LogP contribution in [0.3, 0.4) is 0 Å². The molecular formula is C16H20NO2. The number of ether oxygens (including phenoxy) is 1. The van der Waals surface area contributed by atoms with Gasteiger partial charge in [-0.15, -0.1) is 0 Å². The van der Waals surface area contributed by atoms with E-state index < -0.39 is 0 Å². The molecule has 1 radical (unpaired) electrons. The van der Waals surface area contributed by atoms with E-state index in [4.69, 9.17) is 4.74 Å². The molecule has 1 aliphatic heterocycles. The summed E-state index contributed by atoms with van der Waals surface area (Å²) in [4.78, 5) is 13.7. The van der Waals surface area contributed by atoms with Crippen LogP contribution in [0.25, 0.3) is 6.08 Å². The zero-order valence-corrected chi connectivity index (χ0v) is 11.2. The van der Waals surface area contributed by atoms with Crippen LogP contribution in [0.5, 0.6) is 5.75 Å². The summed E-state index contributed by atoms with van der Waals surface area (Å²) < 4.78 is 5.56. The van der Waals surface area contributed by atoms with Crippen molar-refractivity contribution < 1.29 is 9.53 Å². The highest BCUT2D eigenvalue weighted by atomic mass is 16.5. The lowest BCUT2D eigenvalue weighted by molar-refractivity contribution is -0.132. The summed E-state index contributed by atoms with van der Waals surface area (Å²) in [6.45, 7) is 5.63. The number of allylic oxidation sites excluding steroid dienone is 1. The first-order valence-corrected chi connectivity index (χ1v) is 6.76. The van der Waals surface area contributed by atoms with E-state index in [2.05, 4.69) is 6.92 Å². The smallest absolute Gasteiger partial charge is 0.260 e. The summed E-state index contributed by atoms with van der Waals surface area (Å²) in [5.74, 6) is 0.815. The van der Waals surface area contributed by atoms with Gasteiger partial charge in [0.15, 0.2) is 6.61 Å². The molecule has 3 heteroatoms. The molecule has 0 spiro atoms. The fourth-order valence-electron chi connectivity index (χ4n) is 2.13. The van der Waals surface area contributed by atoms with Crippen molar-refractivity contribution in [2.75, 3.05) is 19.7 Å². The minimum Gasteiger partial charge on any atom is -0.484 e. The first kappa shape index (κ1) is 13.7. The number of hydrogen-bond donors (Lipinski definition) is 0. The summed E-state index contributed by atoms with van der Waals surface area (Å²) >= 11 is 0. The molecule has 2 rings (SSSR count). The van der Waals surface area contributed by atoms with Crippen molar-refractivity contribution in [3.8, 4) is 5.75 Å². The Morgan fingerprint density at radius 1 is 1.37 bits per heavy atom. The molecule has 1 fully saturated rings. The van der Waals surface area contributed by atoms with E-state index in [1.54, 1.807) is 0 Å². The van der Waals surface area contributed by atoms with Gasteiger partial charge in [0.05, 0.1) is 0 Å². The van der Waals surface area contributed by atoms with Crippen molar-refractivity contribution in [3.05, 3.63) is 42.8 Å². The molecule has 0 saturated carbocycles. The van der Waals surface area contributed by atoms with E-state index in [0.717, 1.165) is 43.7 Å². The maximum Gasteiger partial charge on any atom is 0.260 e. The zero-order valence-electron chi connectivity index (χ0n) is 11.2. The SMILES string of the molecule is [CH2]C/C=C/c1cccc(OCC(=O)N2CCCC2)c1. The normalized spacial score (nSPS) is 15.1. The monoisotopic (exact) mass is 258 g/mol. The van der Waals surface area contributed by atoms with Crippen molar-refractivity contribution in [2.45, 2.75) is 19.3 Å². The van der Waals surface area contributed by atoms with Gasteiger partial charge in [0.1, 0.15) is 5.75 Å². The highest BCUT2D eigenvalue weighted by Crippen LogP contribution is 2.15. The van der Waals surface area contributed by atoms with Crippen LogP contribution in [0.2, 0.25) is 0 Å². The molecule has 1 amide bonds. The van der Waals surface area contributed by atoms with Crippen molar-refractivity contribution >= 4 is 12.0 Å². The molecule has 19 heavy (non-hydrogen) atoms. The van der Waals surface area contributed by atoms with Crippen molar-refractivity contribution in [2.24, 2.45) is 0 Å². The quantitative estimate of drug-likeness (QED) is 0.812. The fraction of sp³-hybridized carbons (Fsp3) is 0.375. The molecule has 0 aromatic heterocycles. The molecule has 3 nitrogen and oxygen atoms in total. The molecule has 1 aromatic carbocycles. The average Bonchev–Trinajstić information content (AvgIpc) is 2.97. The molecular weight excluding hydrogens is 238 g/mol. The van der Waals surface area contributed by atoms with E-state index in [1.807, 2.05) is 41.3 Å². The van der Waals surface area contributed by atoms with Crippen LogP contribution < -0.4 is 4.74 Å². The Labute approximate surface area is 114 Å². The Morgan fingerprint density at radius 3 is 2.89 bits per heavy atom.